The maximum absolute atomic E-state index is 13.7. The molecule has 3 aromatic rings. The average molecular weight is 503 g/mol. The number of aliphatic hydroxyl groups is 1. The van der Waals surface area contributed by atoms with Gasteiger partial charge in [-0.15, -0.1) is 6.58 Å². The van der Waals surface area contributed by atoms with Crippen molar-refractivity contribution in [1.82, 2.24) is 5.32 Å². The fourth-order valence-electron chi connectivity index (χ4n) is 4.33. The van der Waals surface area contributed by atoms with Gasteiger partial charge in [0.05, 0.1) is 6.61 Å². The number of benzene rings is 3. The van der Waals surface area contributed by atoms with E-state index in [4.69, 9.17) is 19.6 Å². The Hall–Kier alpha value is -3.97. The topological polar surface area (TPSA) is 80.2 Å². The highest BCUT2D eigenvalue weighted by Gasteiger charge is 2.52. The molecule has 0 unspecified atom stereocenters. The van der Waals surface area contributed by atoms with Gasteiger partial charge in [-0.25, -0.2) is 9.38 Å². The van der Waals surface area contributed by atoms with Crippen LogP contribution in [0.1, 0.15) is 35.6 Å². The second-order valence-corrected chi connectivity index (χ2v) is 8.83. The first-order valence-corrected chi connectivity index (χ1v) is 12.3. The number of rotatable bonds is 12. The fraction of sp³-hybridized carbons (Fsp3) is 0.267. The molecule has 7 heteroatoms. The second-order valence-electron chi connectivity index (χ2n) is 8.83. The van der Waals surface area contributed by atoms with Crippen molar-refractivity contribution in [2.45, 2.75) is 30.9 Å². The number of aliphatic hydroxyl groups excluding tert-OH is 1. The SMILES string of the molecule is C=CC[C@@]1(C(=O)NCCc2cccc(F)c2)N=C(c2ccc(OCCCO)cc2)O[C@@H]1c1ccccc1. The molecule has 0 aliphatic carbocycles. The average Bonchev–Trinajstić information content (AvgIpc) is 3.30. The molecule has 0 spiro atoms. The minimum atomic E-state index is -1.25. The molecule has 1 heterocycles. The maximum atomic E-state index is 13.7. The van der Waals surface area contributed by atoms with Crippen LogP contribution in [0.5, 0.6) is 5.75 Å². The van der Waals surface area contributed by atoms with Gasteiger partial charge in [-0.1, -0.05) is 48.5 Å². The van der Waals surface area contributed by atoms with Crippen LogP contribution in [0.3, 0.4) is 0 Å². The summed E-state index contributed by atoms with van der Waals surface area (Å²) in [4.78, 5) is 18.6. The Labute approximate surface area is 216 Å². The summed E-state index contributed by atoms with van der Waals surface area (Å²) in [6.45, 7) is 4.70. The molecule has 0 radical (unpaired) electrons. The van der Waals surface area contributed by atoms with Crippen molar-refractivity contribution in [2.75, 3.05) is 19.8 Å². The van der Waals surface area contributed by atoms with Crippen LogP contribution in [0.4, 0.5) is 4.39 Å². The van der Waals surface area contributed by atoms with E-state index in [0.29, 0.717) is 43.2 Å². The summed E-state index contributed by atoms with van der Waals surface area (Å²) in [6, 6.07) is 23.2. The molecule has 0 bridgehead atoms. The van der Waals surface area contributed by atoms with Gasteiger partial charge in [0.25, 0.3) is 5.91 Å². The highest BCUT2D eigenvalue weighted by molar-refractivity contribution is 6.01. The van der Waals surface area contributed by atoms with Gasteiger partial charge in [0.15, 0.2) is 11.6 Å². The summed E-state index contributed by atoms with van der Waals surface area (Å²) in [5.74, 6) is 0.441. The number of nitrogens with one attached hydrogen (secondary N) is 1. The highest BCUT2D eigenvalue weighted by Crippen LogP contribution is 2.42. The summed E-state index contributed by atoms with van der Waals surface area (Å²) in [6.07, 6.45) is 2.32. The van der Waals surface area contributed by atoms with E-state index in [1.807, 2.05) is 60.7 Å². The number of hydrogen-bond donors (Lipinski definition) is 2. The predicted octanol–water partition coefficient (Wildman–Crippen LogP) is 4.78. The van der Waals surface area contributed by atoms with Crippen molar-refractivity contribution < 1.29 is 23.8 Å². The van der Waals surface area contributed by atoms with Crippen LogP contribution in [-0.4, -0.2) is 42.2 Å². The second kappa shape index (κ2) is 12.3. The van der Waals surface area contributed by atoms with Gasteiger partial charge in [-0.05, 0) is 53.9 Å². The molecule has 0 saturated carbocycles. The zero-order chi connectivity index (χ0) is 26.1. The molecule has 37 heavy (non-hydrogen) atoms. The van der Waals surface area contributed by atoms with Crippen molar-refractivity contribution in [1.29, 1.82) is 0 Å². The van der Waals surface area contributed by atoms with Crippen molar-refractivity contribution in [2.24, 2.45) is 4.99 Å². The largest absolute Gasteiger partial charge is 0.494 e. The number of nitrogens with zero attached hydrogens (tertiary/aromatic N) is 1. The summed E-state index contributed by atoms with van der Waals surface area (Å²) >= 11 is 0. The normalized spacial score (nSPS) is 18.5. The molecule has 0 fully saturated rings. The molecule has 1 amide bonds. The Morgan fingerprint density at radius 2 is 1.92 bits per heavy atom. The molecular formula is C30H31FN2O4. The molecule has 3 aromatic carbocycles. The molecule has 6 nitrogen and oxygen atoms in total. The highest BCUT2D eigenvalue weighted by atomic mass is 19.1. The lowest BCUT2D eigenvalue weighted by molar-refractivity contribution is -0.128. The number of carbonyl (C=O) groups is 1. The third kappa shape index (κ3) is 6.24. The van der Waals surface area contributed by atoms with Gasteiger partial charge in [0.1, 0.15) is 11.6 Å². The number of ether oxygens (including phenoxy) is 2. The van der Waals surface area contributed by atoms with Crippen LogP contribution in [-0.2, 0) is 16.0 Å². The number of hydrogen-bond acceptors (Lipinski definition) is 5. The lowest BCUT2D eigenvalue weighted by Crippen LogP contribution is -2.48. The molecule has 192 valence electrons. The lowest BCUT2D eigenvalue weighted by Gasteiger charge is -2.29. The van der Waals surface area contributed by atoms with E-state index >= 15 is 0 Å². The van der Waals surface area contributed by atoms with Gasteiger partial charge in [-0.2, -0.15) is 0 Å². The smallest absolute Gasteiger partial charge is 0.252 e. The summed E-state index contributed by atoms with van der Waals surface area (Å²) < 4.78 is 25.5. The predicted molar refractivity (Wildman–Crippen MR) is 141 cm³/mol. The third-order valence-electron chi connectivity index (χ3n) is 6.18. The van der Waals surface area contributed by atoms with Crippen LogP contribution in [0.2, 0.25) is 0 Å². The monoisotopic (exact) mass is 502 g/mol. The Morgan fingerprint density at radius 1 is 1.14 bits per heavy atom. The molecule has 2 N–H and O–H groups in total. The van der Waals surface area contributed by atoms with Crippen molar-refractivity contribution in [3.63, 3.8) is 0 Å². The van der Waals surface area contributed by atoms with E-state index in [1.165, 1.54) is 12.1 Å². The minimum absolute atomic E-state index is 0.0687. The number of aliphatic imine (C=N–C) groups is 1. The molecule has 4 rings (SSSR count). The Bertz CT molecular complexity index is 1230. The van der Waals surface area contributed by atoms with Gasteiger partial charge in [0, 0.05) is 31.6 Å². The number of halogens is 1. The van der Waals surface area contributed by atoms with Gasteiger partial charge in [0.2, 0.25) is 5.90 Å². The standard InChI is InChI=1S/C30H31FN2O4/c1-2-17-30(29(35)32-18-16-22-8-6-11-25(31)21-22)27(23-9-4-3-5-10-23)37-28(33-30)24-12-14-26(15-13-24)36-20-7-19-34/h2-6,8-15,21,27,34H,1,7,16-20H2,(H,32,35)/t27-,30-/m1/s1. The number of amides is 1. The zero-order valence-corrected chi connectivity index (χ0v) is 20.6. The quantitative estimate of drug-likeness (QED) is 0.276. The van der Waals surface area contributed by atoms with E-state index < -0.39 is 11.6 Å². The first-order valence-electron chi connectivity index (χ1n) is 12.3. The maximum Gasteiger partial charge on any atom is 0.252 e. The van der Waals surface area contributed by atoms with E-state index in [2.05, 4.69) is 11.9 Å². The van der Waals surface area contributed by atoms with Crippen molar-refractivity contribution in [3.8, 4) is 5.75 Å². The Balaban J connectivity index is 1.59. The molecule has 2 atom stereocenters. The van der Waals surface area contributed by atoms with E-state index in [-0.39, 0.29) is 24.8 Å². The van der Waals surface area contributed by atoms with E-state index in [0.717, 1.165) is 11.1 Å². The van der Waals surface area contributed by atoms with Gasteiger partial charge >= 0.3 is 0 Å². The molecule has 0 saturated heterocycles. The number of carbonyl (C=O) groups excluding carboxylic acids is 1. The van der Waals surface area contributed by atoms with E-state index in [1.54, 1.807) is 12.1 Å². The molecule has 1 aliphatic rings. The molecule has 1 aliphatic heterocycles. The van der Waals surface area contributed by atoms with Crippen LogP contribution < -0.4 is 10.1 Å². The first kappa shape index (κ1) is 26.1. The van der Waals surface area contributed by atoms with E-state index in [9.17, 15) is 9.18 Å². The fourth-order valence-corrected chi connectivity index (χ4v) is 4.33. The Kier molecular flexibility index (Phi) is 8.69. The van der Waals surface area contributed by atoms with Crippen LogP contribution in [0.25, 0.3) is 0 Å². The van der Waals surface area contributed by atoms with Gasteiger partial charge < -0.3 is 19.9 Å². The minimum Gasteiger partial charge on any atom is -0.494 e. The van der Waals surface area contributed by atoms with Crippen molar-refractivity contribution >= 4 is 11.8 Å². The van der Waals surface area contributed by atoms with Crippen molar-refractivity contribution in [3.05, 3.63) is 114 Å². The van der Waals surface area contributed by atoms with Crippen LogP contribution in [0.15, 0.2) is 96.5 Å². The summed E-state index contributed by atoms with van der Waals surface area (Å²) in [5.41, 5.74) is 1.09. The van der Waals surface area contributed by atoms with Crippen LogP contribution >= 0.6 is 0 Å². The summed E-state index contributed by atoms with van der Waals surface area (Å²) in [7, 11) is 0. The molecular weight excluding hydrogens is 471 g/mol. The van der Waals surface area contributed by atoms with Crippen LogP contribution in [0, 0.1) is 5.82 Å². The lowest BCUT2D eigenvalue weighted by atomic mass is 9.84. The Morgan fingerprint density at radius 3 is 2.62 bits per heavy atom. The molecule has 0 aromatic heterocycles. The first-order chi connectivity index (χ1) is 18.1. The third-order valence-corrected chi connectivity index (χ3v) is 6.18. The van der Waals surface area contributed by atoms with Gasteiger partial charge in [-0.3, -0.25) is 4.79 Å². The zero-order valence-electron chi connectivity index (χ0n) is 20.6. The summed E-state index contributed by atoms with van der Waals surface area (Å²) in [5, 5.41) is 11.9.